The number of nitrogens with zero attached hydrogens (tertiary/aromatic N) is 7. The number of aromatic nitrogens is 6. The molecular weight excluding hydrogens is 290 g/mol. The zero-order valence-corrected chi connectivity index (χ0v) is 14.2. The van der Waals surface area contributed by atoms with E-state index in [4.69, 9.17) is 0 Å². The van der Waals surface area contributed by atoms with Gasteiger partial charge in [0.1, 0.15) is 11.6 Å². The molecule has 1 fully saturated rings. The summed E-state index contributed by atoms with van der Waals surface area (Å²) < 4.78 is 4.03. The van der Waals surface area contributed by atoms with E-state index in [1.165, 1.54) is 38.1 Å². The average molecular weight is 317 g/mol. The minimum Gasteiger partial charge on any atom is -0.338 e. The quantitative estimate of drug-likeness (QED) is 0.776. The molecule has 3 heterocycles. The predicted molar refractivity (Wildman–Crippen MR) is 87.9 cm³/mol. The second-order valence-corrected chi connectivity index (χ2v) is 6.48. The number of aryl methyl sites for hydroxylation is 4. The van der Waals surface area contributed by atoms with Crippen LogP contribution < -0.4 is 0 Å². The van der Waals surface area contributed by atoms with Crippen molar-refractivity contribution in [3.8, 4) is 0 Å². The normalized spacial score (nSPS) is 19.3. The van der Waals surface area contributed by atoms with Crippen LogP contribution in [0.1, 0.15) is 43.8 Å². The standard InChI is InChI=1S/C16H27N7/c1-14-18-19-20-23(14)12-5-11-22-10-4-3-6-15(22)7-8-16-17-9-13-21(16)2/h9,13,15H,3-8,10-12H2,1-2H3. The van der Waals surface area contributed by atoms with Gasteiger partial charge in [-0.05, 0) is 49.6 Å². The van der Waals surface area contributed by atoms with Crippen LogP contribution in [0.4, 0.5) is 0 Å². The van der Waals surface area contributed by atoms with E-state index in [0.717, 1.165) is 31.8 Å². The lowest BCUT2D eigenvalue weighted by Gasteiger charge is -2.35. The molecule has 1 saturated heterocycles. The van der Waals surface area contributed by atoms with Gasteiger partial charge in [0.05, 0.1) is 0 Å². The summed E-state index contributed by atoms with van der Waals surface area (Å²) in [4.78, 5) is 7.11. The van der Waals surface area contributed by atoms with Crippen molar-refractivity contribution < 1.29 is 0 Å². The largest absolute Gasteiger partial charge is 0.338 e. The first kappa shape index (κ1) is 16.1. The monoisotopic (exact) mass is 317 g/mol. The zero-order valence-electron chi connectivity index (χ0n) is 14.2. The third kappa shape index (κ3) is 4.16. The lowest BCUT2D eigenvalue weighted by atomic mass is 9.97. The number of likely N-dealkylation sites (tertiary alicyclic amines) is 1. The van der Waals surface area contributed by atoms with Crippen LogP contribution in [0.25, 0.3) is 0 Å². The SMILES string of the molecule is Cc1nnnn1CCCN1CCCCC1CCc1nccn1C. The highest BCUT2D eigenvalue weighted by molar-refractivity contribution is 4.92. The second kappa shape index (κ2) is 7.68. The summed E-state index contributed by atoms with van der Waals surface area (Å²) in [7, 11) is 2.08. The van der Waals surface area contributed by atoms with E-state index in [9.17, 15) is 0 Å². The molecule has 0 radical (unpaired) electrons. The molecular formula is C16H27N7. The number of hydrogen-bond acceptors (Lipinski definition) is 5. The lowest BCUT2D eigenvalue weighted by Crippen LogP contribution is -2.40. The van der Waals surface area contributed by atoms with Gasteiger partial charge >= 0.3 is 0 Å². The summed E-state index contributed by atoms with van der Waals surface area (Å²) in [6.07, 6.45) is 11.3. The predicted octanol–water partition coefficient (Wildman–Crippen LogP) is 1.59. The highest BCUT2D eigenvalue weighted by atomic mass is 15.5. The molecule has 0 saturated carbocycles. The fourth-order valence-corrected chi connectivity index (χ4v) is 3.49. The fourth-order valence-electron chi connectivity index (χ4n) is 3.49. The first-order chi connectivity index (χ1) is 11.2. The molecule has 23 heavy (non-hydrogen) atoms. The van der Waals surface area contributed by atoms with Gasteiger partial charge < -0.3 is 9.47 Å². The third-order valence-electron chi connectivity index (χ3n) is 4.90. The van der Waals surface area contributed by atoms with E-state index in [1.807, 2.05) is 24.0 Å². The van der Waals surface area contributed by atoms with Crippen molar-refractivity contribution in [3.05, 3.63) is 24.0 Å². The van der Waals surface area contributed by atoms with Gasteiger partial charge in [-0.25, -0.2) is 9.67 Å². The molecule has 7 heteroatoms. The van der Waals surface area contributed by atoms with Gasteiger partial charge in [-0.2, -0.15) is 0 Å². The van der Waals surface area contributed by atoms with Gasteiger partial charge in [0.25, 0.3) is 0 Å². The van der Waals surface area contributed by atoms with Crippen LogP contribution in [-0.4, -0.2) is 53.8 Å². The summed E-state index contributed by atoms with van der Waals surface area (Å²) in [6.45, 7) is 5.21. The molecule has 1 atom stereocenters. The molecule has 1 unspecified atom stereocenters. The van der Waals surface area contributed by atoms with E-state index >= 15 is 0 Å². The Labute approximate surface area is 137 Å². The topological polar surface area (TPSA) is 64.7 Å². The van der Waals surface area contributed by atoms with Gasteiger partial charge in [0.2, 0.25) is 0 Å². The Hall–Kier alpha value is -1.76. The van der Waals surface area contributed by atoms with Crippen molar-refractivity contribution in [2.45, 2.75) is 58.0 Å². The third-order valence-corrected chi connectivity index (χ3v) is 4.90. The first-order valence-electron chi connectivity index (χ1n) is 8.67. The number of tetrazole rings is 1. The van der Waals surface area contributed by atoms with E-state index in [1.54, 1.807) is 0 Å². The van der Waals surface area contributed by atoms with Crippen LogP contribution in [0.15, 0.2) is 12.4 Å². The highest BCUT2D eigenvalue weighted by Crippen LogP contribution is 2.21. The Kier molecular flexibility index (Phi) is 5.38. The molecule has 2 aromatic rings. The molecule has 0 amide bonds. The van der Waals surface area contributed by atoms with Crippen LogP contribution in [-0.2, 0) is 20.0 Å². The molecule has 3 rings (SSSR count). The average Bonchev–Trinajstić information content (AvgIpc) is 3.15. The number of piperidine rings is 1. The summed E-state index contributed by atoms with van der Waals surface area (Å²) >= 11 is 0. The van der Waals surface area contributed by atoms with Crippen LogP contribution in [0.2, 0.25) is 0 Å². The molecule has 2 aromatic heterocycles. The van der Waals surface area contributed by atoms with Crippen LogP contribution in [0.3, 0.4) is 0 Å². The number of rotatable bonds is 7. The van der Waals surface area contributed by atoms with Crippen molar-refractivity contribution in [3.63, 3.8) is 0 Å². The lowest BCUT2D eigenvalue weighted by molar-refractivity contribution is 0.135. The maximum atomic E-state index is 4.45. The highest BCUT2D eigenvalue weighted by Gasteiger charge is 2.22. The Bertz CT molecular complexity index is 603. The van der Waals surface area contributed by atoms with E-state index in [2.05, 4.69) is 37.0 Å². The maximum absolute atomic E-state index is 4.45. The van der Waals surface area contributed by atoms with Crippen molar-refractivity contribution in [1.29, 1.82) is 0 Å². The summed E-state index contributed by atoms with van der Waals surface area (Å²) in [5, 5.41) is 11.7. The van der Waals surface area contributed by atoms with Crippen LogP contribution >= 0.6 is 0 Å². The Morgan fingerprint density at radius 1 is 1.26 bits per heavy atom. The van der Waals surface area contributed by atoms with E-state index in [-0.39, 0.29) is 0 Å². The maximum Gasteiger partial charge on any atom is 0.148 e. The molecule has 0 bridgehead atoms. The molecule has 126 valence electrons. The van der Waals surface area contributed by atoms with Crippen molar-refractivity contribution in [1.82, 2.24) is 34.7 Å². The van der Waals surface area contributed by atoms with Crippen LogP contribution in [0, 0.1) is 6.92 Å². The van der Waals surface area contributed by atoms with Crippen molar-refractivity contribution in [2.24, 2.45) is 7.05 Å². The fraction of sp³-hybridized carbons (Fsp3) is 0.750. The summed E-state index contributed by atoms with van der Waals surface area (Å²) in [6, 6.07) is 0.690. The van der Waals surface area contributed by atoms with Crippen molar-refractivity contribution >= 4 is 0 Å². The molecule has 7 nitrogen and oxygen atoms in total. The molecule has 0 N–H and O–H groups in total. The molecule has 0 aliphatic carbocycles. The van der Waals surface area contributed by atoms with E-state index in [0.29, 0.717) is 6.04 Å². The molecule has 1 aliphatic rings. The summed E-state index contributed by atoms with van der Waals surface area (Å²) in [5.74, 6) is 2.09. The Morgan fingerprint density at radius 3 is 2.91 bits per heavy atom. The second-order valence-electron chi connectivity index (χ2n) is 6.48. The molecule has 1 aliphatic heterocycles. The summed E-state index contributed by atoms with van der Waals surface area (Å²) in [5.41, 5.74) is 0. The first-order valence-corrected chi connectivity index (χ1v) is 8.67. The number of imidazole rings is 1. The van der Waals surface area contributed by atoms with Gasteiger partial charge in [-0.1, -0.05) is 6.42 Å². The minimum atomic E-state index is 0.690. The molecule has 0 spiro atoms. The van der Waals surface area contributed by atoms with Crippen LogP contribution in [0.5, 0.6) is 0 Å². The van der Waals surface area contributed by atoms with E-state index < -0.39 is 0 Å². The Balaban J connectivity index is 1.48. The van der Waals surface area contributed by atoms with Gasteiger partial charge in [-0.3, -0.25) is 0 Å². The smallest absolute Gasteiger partial charge is 0.148 e. The Morgan fingerprint density at radius 2 is 2.17 bits per heavy atom. The molecule has 0 aromatic carbocycles. The number of hydrogen-bond donors (Lipinski definition) is 0. The zero-order chi connectivity index (χ0) is 16.1. The van der Waals surface area contributed by atoms with Gasteiger partial charge in [-0.15, -0.1) is 5.10 Å². The minimum absolute atomic E-state index is 0.690. The van der Waals surface area contributed by atoms with Gasteiger partial charge in [0.15, 0.2) is 0 Å². The van der Waals surface area contributed by atoms with Crippen molar-refractivity contribution in [2.75, 3.05) is 13.1 Å². The van der Waals surface area contributed by atoms with Gasteiger partial charge in [0, 0.05) is 45.0 Å².